The van der Waals surface area contributed by atoms with Gasteiger partial charge in [0.2, 0.25) is 0 Å². The van der Waals surface area contributed by atoms with E-state index in [0.717, 1.165) is 0 Å². The van der Waals surface area contributed by atoms with Gasteiger partial charge in [0.15, 0.2) is 5.82 Å². The van der Waals surface area contributed by atoms with E-state index in [1.165, 1.54) is 16.7 Å². The maximum atomic E-state index is 11.6. The highest BCUT2D eigenvalue weighted by Crippen LogP contribution is 2.15. The molecule has 0 bridgehead atoms. The normalized spacial score (nSPS) is 10.1. The molecule has 1 aromatic heterocycles. The smallest absolute Gasteiger partial charge is 0.293 e. The van der Waals surface area contributed by atoms with E-state index in [1.54, 1.807) is 31.6 Å². The second-order valence-electron chi connectivity index (χ2n) is 3.36. The van der Waals surface area contributed by atoms with Crippen molar-refractivity contribution in [1.82, 2.24) is 9.55 Å². The third-order valence-electron chi connectivity index (χ3n) is 2.15. The summed E-state index contributed by atoms with van der Waals surface area (Å²) in [6.07, 6.45) is 3.13. The van der Waals surface area contributed by atoms with E-state index >= 15 is 0 Å². The van der Waals surface area contributed by atoms with E-state index in [2.05, 4.69) is 10.3 Å². The molecule has 2 aromatic rings. The van der Waals surface area contributed by atoms with E-state index in [0.29, 0.717) is 5.69 Å². The molecule has 0 fully saturated rings. The summed E-state index contributed by atoms with van der Waals surface area (Å²) in [5.74, 6) is 0.440. The van der Waals surface area contributed by atoms with Crippen molar-refractivity contribution in [3.63, 3.8) is 0 Å². The molecular weight excluding hydrogens is 206 g/mol. The summed E-state index contributed by atoms with van der Waals surface area (Å²) in [6.45, 7) is 0. The Hall–Kier alpha value is -2.30. The zero-order valence-corrected chi connectivity index (χ0v) is 8.71. The number of anilines is 2. The van der Waals surface area contributed by atoms with E-state index in [-0.39, 0.29) is 17.1 Å². The van der Waals surface area contributed by atoms with Crippen LogP contribution in [0.15, 0.2) is 41.5 Å². The number of hydrogen-bond donors (Lipinski definition) is 2. The number of nitrogens with one attached hydrogen (secondary N) is 1. The van der Waals surface area contributed by atoms with Crippen LogP contribution in [0.4, 0.5) is 11.5 Å². The quantitative estimate of drug-likeness (QED) is 0.742. The molecule has 0 spiro atoms. The van der Waals surface area contributed by atoms with Crippen molar-refractivity contribution in [2.75, 3.05) is 5.32 Å². The fraction of sp³-hybridized carbons (Fsp3) is 0.0909. The molecule has 5 heteroatoms. The van der Waals surface area contributed by atoms with Gasteiger partial charge in [0.05, 0.1) is 0 Å². The van der Waals surface area contributed by atoms with Crippen molar-refractivity contribution < 1.29 is 5.11 Å². The molecule has 16 heavy (non-hydrogen) atoms. The van der Waals surface area contributed by atoms with Crippen molar-refractivity contribution in [3.05, 3.63) is 47.0 Å². The molecule has 1 heterocycles. The van der Waals surface area contributed by atoms with Crippen LogP contribution in [-0.2, 0) is 7.05 Å². The van der Waals surface area contributed by atoms with Crippen LogP contribution < -0.4 is 10.9 Å². The Balaban J connectivity index is 2.31. The Labute approximate surface area is 92.0 Å². The molecular formula is C11H11N3O2. The molecule has 0 aliphatic carbocycles. The van der Waals surface area contributed by atoms with Gasteiger partial charge >= 0.3 is 0 Å². The zero-order chi connectivity index (χ0) is 11.5. The topological polar surface area (TPSA) is 67.2 Å². The molecule has 0 aliphatic rings. The van der Waals surface area contributed by atoms with Crippen LogP contribution >= 0.6 is 0 Å². The van der Waals surface area contributed by atoms with Gasteiger partial charge in [-0.1, -0.05) is 0 Å². The third-order valence-corrected chi connectivity index (χ3v) is 2.15. The largest absolute Gasteiger partial charge is 0.508 e. The van der Waals surface area contributed by atoms with Gasteiger partial charge in [-0.15, -0.1) is 0 Å². The number of aromatic hydroxyl groups is 1. The molecule has 0 saturated carbocycles. The Morgan fingerprint density at radius 3 is 2.69 bits per heavy atom. The van der Waals surface area contributed by atoms with Crippen LogP contribution in [0, 0.1) is 0 Å². The molecule has 2 N–H and O–H groups in total. The minimum absolute atomic E-state index is 0.180. The Bertz CT molecular complexity index is 546. The molecule has 0 radical (unpaired) electrons. The first kappa shape index (κ1) is 10.2. The van der Waals surface area contributed by atoms with Gasteiger partial charge in [-0.25, -0.2) is 4.98 Å². The lowest BCUT2D eigenvalue weighted by Gasteiger charge is -2.05. The molecule has 1 aromatic carbocycles. The highest BCUT2D eigenvalue weighted by molar-refractivity contribution is 5.56. The number of aromatic nitrogens is 2. The highest BCUT2D eigenvalue weighted by Gasteiger charge is 2.02. The lowest BCUT2D eigenvalue weighted by molar-refractivity contribution is 0.475. The molecule has 5 nitrogen and oxygen atoms in total. The van der Waals surface area contributed by atoms with Crippen LogP contribution in [0.25, 0.3) is 0 Å². The fourth-order valence-corrected chi connectivity index (χ4v) is 1.27. The number of benzene rings is 1. The van der Waals surface area contributed by atoms with Crippen molar-refractivity contribution >= 4 is 11.5 Å². The molecule has 0 amide bonds. The van der Waals surface area contributed by atoms with Crippen LogP contribution in [0.5, 0.6) is 5.75 Å². The Morgan fingerprint density at radius 2 is 2.00 bits per heavy atom. The maximum absolute atomic E-state index is 11.6. The minimum atomic E-state index is -0.199. The van der Waals surface area contributed by atoms with Gasteiger partial charge in [-0.2, -0.15) is 0 Å². The van der Waals surface area contributed by atoms with Crippen molar-refractivity contribution in [2.45, 2.75) is 0 Å². The summed E-state index contributed by atoms with van der Waals surface area (Å²) in [7, 11) is 1.66. The number of phenolic OH excluding ortho intramolecular Hbond substituents is 1. The number of nitrogens with zero attached hydrogens (tertiary/aromatic N) is 2. The van der Waals surface area contributed by atoms with Crippen LogP contribution in [0.2, 0.25) is 0 Å². The molecule has 0 atom stereocenters. The van der Waals surface area contributed by atoms with E-state index in [9.17, 15) is 4.79 Å². The summed E-state index contributed by atoms with van der Waals surface area (Å²) in [5.41, 5.74) is 0.504. The van der Waals surface area contributed by atoms with Crippen molar-refractivity contribution in [3.8, 4) is 5.75 Å². The predicted octanol–water partition coefficient (Wildman–Crippen LogP) is 1.23. The second-order valence-corrected chi connectivity index (χ2v) is 3.36. The predicted molar refractivity (Wildman–Crippen MR) is 60.9 cm³/mol. The molecule has 0 unspecified atom stereocenters. The Morgan fingerprint density at radius 1 is 1.31 bits per heavy atom. The lowest BCUT2D eigenvalue weighted by Crippen LogP contribution is -2.20. The van der Waals surface area contributed by atoms with Crippen LogP contribution in [-0.4, -0.2) is 14.7 Å². The zero-order valence-electron chi connectivity index (χ0n) is 8.71. The molecule has 2 rings (SSSR count). The van der Waals surface area contributed by atoms with Gasteiger partial charge < -0.3 is 15.0 Å². The third kappa shape index (κ3) is 2.03. The van der Waals surface area contributed by atoms with Crippen LogP contribution in [0.1, 0.15) is 0 Å². The van der Waals surface area contributed by atoms with Gasteiger partial charge in [-0.05, 0) is 24.3 Å². The van der Waals surface area contributed by atoms with Gasteiger partial charge in [0, 0.05) is 25.1 Å². The Kier molecular flexibility index (Phi) is 2.59. The first-order valence-electron chi connectivity index (χ1n) is 4.74. The standard InChI is InChI=1S/C11H11N3O2/c1-14-7-6-12-10(11(14)16)13-8-2-4-9(15)5-3-8/h2-7,15H,1H3,(H,12,13). The molecule has 82 valence electrons. The van der Waals surface area contributed by atoms with Crippen molar-refractivity contribution in [2.24, 2.45) is 7.05 Å². The summed E-state index contributed by atoms with van der Waals surface area (Å²) in [6, 6.07) is 6.42. The summed E-state index contributed by atoms with van der Waals surface area (Å²) >= 11 is 0. The van der Waals surface area contributed by atoms with E-state index in [1.807, 2.05) is 0 Å². The first-order chi connectivity index (χ1) is 7.66. The highest BCUT2D eigenvalue weighted by atomic mass is 16.3. The second kappa shape index (κ2) is 4.06. The van der Waals surface area contributed by atoms with E-state index < -0.39 is 0 Å². The number of rotatable bonds is 2. The fourth-order valence-electron chi connectivity index (χ4n) is 1.27. The van der Waals surface area contributed by atoms with Crippen molar-refractivity contribution in [1.29, 1.82) is 0 Å². The SMILES string of the molecule is Cn1ccnc(Nc2ccc(O)cc2)c1=O. The number of aryl methyl sites for hydroxylation is 1. The number of hydrogen-bond acceptors (Lipinski definition) is 4. The van der Waals surface area contributed by atoms with Gasteiger partial charge in [-0.3, -0.25) is 4.79 Å². The molecule has 0 aliphatic heterocycles. The monoisotopic (exact) mass is 217 g/mol. The van der Waals surface area contributed by atoms with E-state index in [4.69, 9.17) is 5.11 Å². The average Bonchev–Trinajstić information content (AvgIpc) is 2.28. The minimum Gasteiger partial charge on any atom is -0.508 e. The summed E-state index contributed by atoms with van der Waals surface area (Å²) in [5, 5.41) is 12.0. The lowest BCUT2D eigenvalue weighted by atomic mass is 10.3. The molecule has 0 saturated heterocycles. The van der Waals surface area contributed by atoms with Crippen LogP contribution in [0.3, 0.4) is 0 Å². The maximum Gasteiger partial charge on any atom is 0.293 e. The first-order valence-corrected chi connectivity index (χ1v) is 4.74. The summed E-state index contributed by atoms with van der Waals surface area (Å²) in [4.78, 5) is 15.6. The number of phenols is 1. The van der Waals surface area contributed by atoms with Gasteiger partial charge in [0.1, 0.15) is 5.75 Å². The summed E-state index contributed by atoms with van der Waals surface area (Å²) < 4.78 is 1.44. The van der Waals surface area contributed by atoms with Gasteiger partial charge in [0.25, 0.3) is 5.56 Å². The average molecular weight is 217 g/mol.